The highest BCUT2D eigenvalue weighted by atomic mass is 19.4. The van der Waals surface area contributed by atoms with Crippen LogP contribution in [0.5, 0.6) is 0 Å². The Bertz CT molecular complexity index is 511. The Balaban J connectivity index is 2.54. The molecule has 0 saturated carbocycles. The Kier molecular flexibility index (Phi) is 2.40. The van der Waals surface area contributed by atoms with Crippen molar-refractivity contribution in [3.63, 3.8) is 0 Å². The maximum absolute atomic E-state index is 12.4. The molecular formula is C11H11F3N2. The molecule has 2 aromatic rings. The fraction of sp³-hybridized carbons (Fsp3) is 0.364. The van der Waals surface area contributed by atoms with Gasteiger partial charge < -0.3 is 0 Å². The van der Waals surface area contributed by atoms with Gasteiger partial charge in [0.2, 0.25) is 0 Å². The van der Waals surface area contributed by atoms with Gasteiger partial charge in [-0.2, -0.15) is 18.3 Å². The number of nitrogens with zero attached hydrogens (tertiary/aromatic N) is 2. The highest BCUT2D eigenvalue weighted by molar-refractivity contribution is 5.49. The SMILES string of the molecule is CC(C)c1ccc2cc(C(F)(F)F)nn2c1. The molecular weight excluding hydrogens is 217 g/mol. The molecule has 2 aromatic heterocycles. The van der Waals surface area contributed by atoms with E-state index in [1.807, 2.05) is 19.9 Å². The van der Waals surface area contributed by atoms with Gasteiger partial charge >= 0.3 is 6.18 Å². The summed E-state index contributed by atoms with van der Waals surface area (Å²) in [6, 6.07) is 4.52. The van der Waals surface area contributed by atoms with Gasteiger partial charge in [-0.05, 0) is 23.6 Å². The van der Waals surface area contributed by atoms with Crippen molar-refractivity contribution in [3.05, 3.63) is 35.7 Å². The first kappa shape index (κ1) is 11.0. The second kappa shape index (κ2) is 3.50. The van der Waals surface area contributed by atoms with Gasteiger partial charge in [-0.15, -0.1) is 0 Å². The topological polar surface area (TPSA) is 17.3 Å². The van der Waals surface area contributed by atoms with Crippen LogP contribution in [0, 0.1) is 0 Å². The molecule has 86 valence electrons. The normalized spacial score (nSPS) is 12.6. The average molecular weight is 228 g/mol. The number of rotatable bonds is 1. The molecule has 0 amide bonds. The summed E-state index contributed by atoms with van der Waals surface area (Å²) in [7, 11) is 0. The molecule has 0 atom stereocenters. The van der Waals surface area contributed by atoms with Crippen LogP contribution in [-0.4, -0.2) is 9.61 Å². The summed E-state index contributed by atoms with van der Waals surface area (Å²) in [5, 5.41) is 3.52. The van der Waals surface area contributed by atoms with Crippen LogP contribution in [0.4, 0.5) is 13.2 Å². The van der Waals surface area contributed by atoms with E-state index < -0.39 is 11.9 Å². The van der Waals surface area contributed by atoms with Gasteiger partial charge in [-0.25, -0.2) is 4.52 Å². The third kappa shape index (κ3) is 1.89. The Morgan fingerprint density at radius 1 is 1.25 bits per heavy atom. The lowest BCUT2D eigenvalue weighted by Gasteiger charge is -2.04. The quantitative estimate of drug-likeness (QED) is 0.730. The number of hydrogen-bond donors (Lipinski definition) is 0. The Morgan fingerprint density at radius 3 is 2.50 bits per heavy atom. The van der Waals surface area contributed by atoms with Gasteiger partial charge in [-0.1, -0.05) is 19.9 Å². The minimum Gasteiger partial charge on any atom is -0.240 e. The molecule has 0 aliphatic rings. The molecule has 0 radical (unpaired) electrons. The first-order valence-corrected chi connectivity index (χ1v) is 4.94. The predicted octanol–water partition coefficient (Wildman–Crippen LogP) is 3.48. The fourth-order valence-corrected chi connectivity index (χ4v) is 1.48. The largest absolute Gasteiger partial charge is 0.435 e. The summed E-state index contributed by atoms with van der Waals surface area (Å²) in [6.45, 7) is 3.96. The third-order valence-corrected chi connectivity index (χ3v) is 2.44. The van der Waals surface area contributed by atoms with Crippen LogP contribution in [0.2, 0.25) is 0 Å². The Morgan fingerprint density at radius 2 is 1.94 bits per heavy atom. The lowest BCUT2D eigenvalue weighted by Crippen LogP contribution is -2.05. The van der Waals surface area contributed by atoms with Crippen LogP contribution in [-0.2, 0) is 6.18 Å². The second-order valence-corrected chi connectivity index (χ2v) is 4.01. The van der Waals surface area contributed by atoms with E-state index in [1.165, 1.54) is 4.52 Å². The van der Waals surface area contributed by atoms with Gasteiger partial charge in [0.05, 0.1) is 5.52 Å². The lowest BCUT2D eigenvalue weighted by atomic mass is 10.1. The van der Waals surface area contributed by atoms with Crippen molar-refractivity contribution in [3.8, 4) is 0 Å². The van der Waals surface area contributed by atoms with Crippen molar-refractivity contribution in [2.75, 3.05) is 0 Å². The highest BCUT2D eigenvalue weighted by Crippen LogP contribution is 2.29. The number of hydrogen-bond acceptors (Lipinski definition) is 1. The maximum Gasteiger partial charge on any atom is 0.435 e. The molecule has 5 heteroatoms. The van der Waals surface area contributed by atoms with E-state index in [1.54, 1.807) is 12.3 Å². The molecule has 2 rings (SSSR count). The second-order valence-electron chi connectivity index (χ2n) is 4.01. The monoisotopic (exact) mass is 228 g/mol. The van der Waals surface area contributed by atoms with E-state index in [4.69, 9.17) is 0 Å². The molecule has 0 bridgehead atoms. The van der Waals surface area contributed by atoms with Crippen molar-refractivity contribution in [2.24, 2.45) is 0 Å². The molecule has 2 heterocycles. The lowest BCUT2D eigenvalue weighted by molar-refractivity contribution is -0.141. The van der Waals surface area contributed by atoms with E-state index in [-0.39, 0.29) is 5.92 Å². The smallest absolute Gasteiger partial charge is 0.240 e. The van der Waals surface area contributed by atoms with Gasteiger partial charge in [0, 0.05) is 6.20 Å². The number of halogens is 3. The molecule has 0 aliphatic heterocycles. The highest BCUT2D eigenvalue weighted by Gasteiger charge is 2.33. The van der Waals surface area contributed by atoms with Crippen LogP contribution in [0.3, 0.4) is 0 Å². The molecule has 0 N–H and O–H groups in total. The van der Waals surface area contributed by atoms with Crippen molar-refractivity contribution in [2.45, 2.75) is 25.9 Å². The minimum atomic E-state index is -4.38. The molecule has 0 saturated heterocycles. The van der Waals surface area contributed by atoms with Crippen molar-refractivity contribution in [1.29, 1.82) is 0 Å². The number of alkyl halides is 3. The van der Waals surface area contributed by atoms with Crippen LogP contribution < -0.4 is 0 Å². The van der Waals surface area contributed by atoms with E-state index in [9.17, 15) is 13.2 Å². The fourth-order valence-electron chi connectivity index (χ4n) is 1.48. The molecule has 16 heavy (non-hydrogen) atoms. The predicted molar refractivity (Wildman–Crippen MR) is 54.3 cm³/mol. The first-order chi connectivity index (χ1) is 7.38. The number of aromatic nitrogens is 2. The third-order valence-electron chi connectivity index (χ3n) is 2.44. The summed E-state index contributed by atoms with van der Waals surface area (Å²) in [6.07, 6.45) is -2.75. The Hall–Kier alpha value is -1.52. The van der Waals surface area contributed by atoms with E-state index in [0.29, 0.717) is 5.52 Å². The molecule has 0 spiro atoms. The van der Waals surface area contributed by atoms with Crippen molar-refractivity contribution < 1.29 is 13.2 Å². The van der Waals surface area contributed by atoms with Crippen LogP contribution in [0.1, 0.15) is 31.0 Å². The van der Waals surface area contributed by atoms with Crippen LogP contribution >= 0.6 is 0 Å². The van der Waals surface area contributed by atoms with Gasteiger partial charge in [-0.3, -0.25) is 0 Å². The van der Waals surface area contributed by atoms with E-state index in [0.717, 1.165) is 11.6 Å². The first-order valence-electron chi connectivity index (χ1n) is 4.94. The van der Waals surface area contributed by atoms with Crippen LogP contribution in [0.15, 0.2) is 24.4 Å². The van der Waals surface area contributed by atoms with Crippen molar-refractivity contribution >= 4 is 5.52 Å². The van der Waals surface area contributed by atoms with Gasteiger partial charge in [0.1, 0.15) is 0 Å². The summed E-state index contributed by atoms with van der Waals surface area (Å²) in [5.74, 6) is 0.267. The van der Waals surface area contributed by atoms with Crippen molar-refractivity contribution in [1.82, 2.24) is 9.61 Å². The van der Waals surface area contributed by atoms with Gasteiger partial charge in [0.25, 0.3) is 0 Å². The maximum atomic E-state index is 12.4. The summed E-state index contributed by atoms with van der Waals surface area (Å²) >= 11 is 0. The number of pyridine rings is 1. The molecule has 0 fully saturated rings. The number of fused-ring (bicyclic) bond motifs is 1. The van der Waals surface area contributed by atoms with Crippen LogP contribution in [0.25, 0.3) is 5.52 Å². The minimum absolute atomic E-state index is 0.267. The molecule has 2 nitrogen and oxygen atoms in total. The summed E-state index contributed by atoms with van der Waals surface area (Å²) < 4.78 is 38.5. The van der Waals surface area contributed by atoms with E-state index >= 15 is 0 Å². The summed E-state index contributed by atoms with van der Waals surface area (Å²) in [4.78, 5) is 0. The molecule has 0 aliphatic carbocycles. The van der Waals surface area contributed by atoms with Gasteiger partial charge in [0.15, 0.2) is 5.69 Å². The summed E-state index contributed by atoms with van der Waals surface area (Å²) in [5.41, 5.74) is 0.564. The molecule has 0 aromatic carbocycles. The Labute approximate surface area is 90.7 Å². The molecule has 0 unspecified atom stereocenters. The zero-order chi connectivity index (χ0) is 11.9. The zero-order valence-corrected chi connectivity index (χ0v) is 8.92. The van der Waals surface area contributed by atoms with E-state index in [2.05, 4.69) is 5.10 Å². The zero-order valence-electron chi connectivity index (χ0n) is 8.92. The standard InChI is InChI=1S/C11H11F3N2/c1-7(2)8-3-4-9-5-10(11(12,13)14)15-16(9)6-8/h3-7H,1-2H3. The average Bonchev–Trinajstić information content (AvgIpc) is 2.58.